The van der Waals surface area contributed by atoms with E-state index in [1.807, 2.05) is 6.26 Å². The number of carbonyl (C=O) groups is 2. The highest BCUT2D eigenvalue weighted by molar-refractivity contribution is 7.98. The van der Waals surface area contributed by atoms with Gasteiger partial charge in [-0.25, -0.2) is 14.6 Å². The van der Waals surface area contributed by atoms with Crippen molar-refractivity contribution in [3.05, 3.63) is 0 Å². The summed E-state index contributed by atoms with van der Waals surface area (Å²) < 4.78 is 0. The van der Waals surface area contributed by atoms with Crippen molar-refractivity contribution in [3.63, 3.8) is 0 Å². The van der Waals surface area contributed by atoms with Gasteiger partial charge in [0, 0.05) is 14.1 Å². The fourth-order valence-electron chi connectivity index (χ4n) is 0.887. The van der Waals surface area contributed by atoms with Crippen LogP contribution in [0.3, 0.4) is 0 Å². The van der Waals surface area contributed by atoms with E-state index in [1.54, 1.807) is 25.9 Å². The topological polar surface area (TPSA) is 81.7 Å². The van der Waals surface area contributed by atoms with Gasteiger partial charge in [-0.15, -0.1) is 0 Å². The zero-order chi connectivity index (χ0) is 11.8. The second-order valence-electron chi connectivity index (χ2n) is 3.15. The predicted molar refractivity (Wildman–Crippen MR) is 59.8 cm³/mol. The number of thioether (sulfide) groups is 1. The maximum absolute atomic E-state index is 11.2. The number of aliphatic carboxylic acids is 1. The molecule has 0 aromatic rings. The second kappa shape index (κ2) is 7.36. The van der Waals surface area contributed by atoms with Crippen LogP contribution in [0.15, 0.2) is 0 Å². The number of carboxylic acid groups (broad SMARTS) is 1. The molecule has 6 nitrogen and oxygen atoms in total. The Bertz CT molecular complexity index is 223. The molecule has 0 aromatic heterocycles. The van der Waals surface area contributed by atoms with Gasteiger partial charge in [-0.3, -0.25) is 5.43 Å². The van der Waals surface area contributed by atoms with E-state index >= 15 is 0 Å². The Morgan fingerprint density at radius 1 is 1.47 bits per heavy atom. The largest absolute Gasteiger partial charge is 0.480 e. The van der Waals surface area contributed by atoms with E-state index in [4.69, 9.17) is 5.11 Å². The molecular formula is C8H17N3O3S. The maximum Gasteiger partial charge on any atom is 0.330 e. The van der Waals surface area contributed by atoms with Gasteiger partial charge >= 0.3 is 12.0 Å². The number of urea groups is 1. The molecule has 3 N–H and O–H groups in total. The van der Waals surface area contributed by atoms with Gasteiger partial charge < -0.3 is 10.4 Å². The number of nitrogens with one attached hydrogen (secondary N) is 2. The molecule has 0 spiro atoms. The van der Waals surface area contributed by atoms with E-state index in [1.165, 1.54) is 5.01 Å². The van der Waals surface area contributed by atoms with Crippen molar-refractivity contribution in [2.45, 2.75) is 12.5 Å². The predicted octanol–water partition coefficient (Wildman–Crippen LogP) is -0.0315. The molecule has 0 aromatic carbocycles. The molecule has 0 saturated carbocycles. The second-order valence-corrected chi connectivity index (χ2v) is 4.14. The lowest BCUT2D eigenvalue weighted by Gasteiger charge is -2.17. The van der Waals surface area contributed by atoms with Crippen molar-refractivity contribution in [2.24, 2.45) is 0 Å². The number of carboxylic acids is 1. The smallest absolute Gasteiger partial charge is 0.330 e. The number of hydrogen-bond acceptors (Lipinski definition) is 4. The van der Waals surface area contributed by atoms with E-state index in [0.29, 0.717) is 12.2 Å². The zero-order valence-corrected chi connectivity index (χ0v) is 9.93. The van der Waals surface area contributed by atoms with Crippen molar-refractivity contribution in [1.82, 2.24) is 15.8 Å². The minimum absolute atomic E-state index is 0.414. The minimum atomic E-state index is -1.02. The normalized spacial score (nSPS) is 12.3. The summed E-state index contributed by atoms with van der Waals surface area (Å²) >= 11 is 1.54. The first kappa shape index (κ1) is 14.1. The van der Waals surface area contributed by atoms with Crippen LogP contribution in [0.1, 0.15) is 6.42 Å². The van der Waals surface area contributed by atoms with E-state index in [9.17, 15) is 9.59 Å². The van der Waals surface area contributed by atoms with Crippen LogP contribution in [0, 0.1) is 0 Å². The van der Waals surface area contributed by atoms with Crippen LogP contribution in [0.2, 0.25) is 0 Å². The Morgan fingerprint density at radius 2 is 2.07 bits per heavy atom. The Balaban J connectivity index is 4.04. The first-order valence-corrected chi connectivity index (χ1v) is 5.83. The minimum Gasteiger partial charge on any atom is -0.480 e. The van der Waals surface area contributed by atoms with E-state index in [0.717, 1.165) is 0 Å². The van der Waals surface area contributed by atoms with E-state index < -0.39 is 18.0 Å². The summed E-state index contributed by atoms with van der Waals surface area (Å²) in [7, 11) is 3.30. The molecule has 0 aliphatic carbocycles. The number of rotatable bonds is 6. The van der Waals surface area contributed by atoms with Crippen LogP contribution in [0.4, 0.5) is 4.79 Å². The summed E-state index contributed by atoms with van der Waals surface area (Å²) in [4.78, 5) is 22.0. The number of hydrazine groups is 1. The quantitative estimate of drug-likeness (QED) is 0.563. The van der Waals surface area contributed by atoms with Crippen molar-refractivity contribution in [1.29, 1.82) is 0 Å². The third-order valence-corrected chi connectivity index (χ3v) is 2.18. The summed E-state index contributed by atoms with van der Waals surface area (Å²) in [5.41, 5.74) is 2.42. The van der Waals surface area contributed by atoms with Crippen LogP contribution < -0.4 is 10.7 Å². The molecule has 15 heavy (non-hydrogen) atoms. The number of nitrogens with zero attached hydrogens (tertiary/aromatic N) is 1. The number of carbonyl (C=O) groups excluding carboxylic acids is 1. The van der Waals surface area contributed by atoms with E-state index in [2.05, 4.69) is 10.7 Å². The monoisotopic (exact) mass is 235 g/mol. The third-order valence-electron chi connectivity index (χ3n) is 1.54. The summed E-state index contributed by atoms with van der Waals surface area (Å²) in [6.07, 6.45) is 2.30. The molecular weight excluding hydrogens is 218 g/mol. The van der Waals surface area contributed by atoms with Gasteiger partial charge in [0.25, 0.3) is 0 Å². The molecule has 0 aliphatic rings. The number of hydrogen-bond donors (Lipinski definition) is 3. The standard InChI is InChI=1S/C8H17N3O3S/c1-11(2)10-8(14)9-6(7(12)13)4-5-15-3/h6H,4-5H2,1-3H3,(H,12,13)(H2,9,10,14)/t6-/m0/s1. The molecule has 0 aliphatic heterocycles. The zero-order valence-electron chi connectivity index (χ0n) is 9.11. The molecule has 0 fully saturated rings. The first-order chi connectivity index (χ1) is 6.97. The van der Waals surface area contributed by atoms with Gasteiger partial charge in [-0.2, -0.15) is 11.8 Å². The highest BCUT2D eigenvalue weighted by Crippen LogP contribution is 2.00. The molecule has 0 saturated heterocycles. The first-order valence-electron chi connectivity index (χ1n) is 4.43. The van der Waals surface area contributed by atoms with Crippen molar-refractivity contribution < 1.29 is 14.7 Å². The Hall–Kier alpha value is -0.950. The maximum atomic E-state index is 11.2. The Morgan fingerprint density at radius 3 is 2.47 bits per heavy atom. The summed E-state index contributed by atoms with van der Waals surface area (Å²) in [5, 5.41) is 12.6. The molecule has 0 unspecified atom stereocenters. The summed E-state index contributed by atoms with van der Waals surface area (Å²) in [6, 6.07) is -1.34. The Kier molecular flexibility index (Phi) is 6.89. The van der Waals surface area contributed by atoms with Crippen LogP contribution in [0.5, 0.6) is 0 Å². The molecule has 0 bridgehead atoms. The average molecular weight is 235 g/mol. The third kappa shape index (κ3) is 7.03. The highest BCUT2D eigenvalue weighted by atomic mass is 32.2. The van der Waals surface area contributed by atoms with Crippen molar-refractivity contribution in [3.8, 4) is 0 Å². The fourth-order valence-corrected chi connectivity index (χ4v) is 1.36. The van der Waals surface area contributed by atoms with Crippen molar-refractivity contribution in [2.75, 3.05) is 26.1 Å². The molecule has 0 rings (SSSR count). The Labute approximate surface area is 93.4 Å². The van der Waals surface area contributed by atoms with Crippen LogP contribution in [-0.4, -0.2) is 54.3 Å². The average Bonchev–Trinajstić information content (AvgIpc) is 2.10. The summed E-state index contributed by atoms with van der Waals surface area (Å²) in [6.45, 7) is 0. The fraction of sp³-hybridized carbons (Fsp3) is 0.750. The molecule has 1 atom stereocenters. The molecule has 2 amide bonds. The van der Waals surface area contributed by atoms with Gasteiger partial charge in [-0.05, 0) is 18.4 Å². The molecule has 0 heterocycles. The SMILES string of the molecule is CSCC[C@H](NC(=O)NN(C)C)C(=O)O. The molecule has 7 heteroatoms. The van der Waals surface area contributed by atoms with Gasteiger partial charge in [0.1, 0.15) is 6.04 Å². The van der Waals surface area contributed by atoms with Crippen LogP contribution in [0.25, 0.3) is 0 Å². The van der Waals surface area contributed by atoms with E-state index in [-0.39, 0.29) is 0 Å². The van der Waals surface area contributed by atoms with Gasteiger partial charge in [0.05, 0.1) is 0 Å². The van der Waals surface area contributed by atoms with Crippen LogP contribution in [-0.2, 0) is 4.79 Å². The highest BCUT2D eigenvalue weighted by Gasteiger charge is 2.19. The lowest BCUT2D eigenvalue weighted by atomic mass is 10.2. The van der Waals surface area contributed by atoms with Gasteiger partial charge in [0.2, 0.25) is 0 Å². The number of amides is 2. The van der Waals surface area contributed by atoms with Crippen molar-refractivity contribution >= 4 is 23.8 Å². The summed E-state index contributed by atoms with van der Waals surface area (Å²) in [5.74, 6) is -0.322. The lowest BCUT2D eigenvalue weighted by Crippen LogP contribution is -2.49. The lowest BCUT2D eigenvalue weighted by molar-refractivity contribution is -0.139. The van der Waals surface area contributed by atoms with Gasteiger partial charge in [-0.1, -0.05) is 0 Å². The van der Waals surface area contributed by atoms with Gasteiger partial charge in [0.15, 0.2) is 0 Å². The molecule has 88 valence electrons. The molecule has 0 radical (unpaired) electrons. The van der Waals surface area contributed by atoms with Crippen LogP contribution >= 0.6 is 11.8 Å².